The molecule has 0 radical (unpaired) electrons. The van der Waals surface area contributed by atoms with Crippen molar-refractivity contribution in [3.8, 4) is 0 Å². The smallest absolute Gasteiger partial charge is 0.233 e. The molecule has 1 aromatic heterocycles. The Morgan fingerprint density at radius 3 is 3.05 bits per heavy atom. The van der Waals surface area contributed by atoms with Gasteiger partial charge in [-0.2, -0.15) is 0 Å². The van der Waals surface area contributed by atoms with Crippen molar-refractivity contribution in [2.75, 3.05) is 18.0 Å². The first-order valence-electron chi connectivity index (χ1n) is 6.54. The standard InChI is InChI=1S/C15H16N2OS2/c16-12-3-1-2-4-14(12)20-10-15(18)17-7-5-13-11(9-17)6-8-19-13/h1-4,6,8H,5,7,9-10,16H2. The highest BCUT2D eigenvalue weighted by molar-refractivity contribution is 8.00. The van der Waals surface area contributed by atoms with E-state index in [-0.39, 0.29) is 5.91 Å². The number of carbonyl (C=O) groups excluding carboxylic acids is 1. The highest BCUT2D eigenvalue weighted by Gasteiger charge is 2.21. The number of nitrogen functional groups attached to an aromatic ring is 1. The number of fused-ring (bicyclic) bond motifs is 1. The molecule has 0 spiro atoms. The summed E-state index contributed by atoms with van der Waals surface area (Å²) in [5.41, 5.74) is 7.93. The molecular weight excluding hydrogens is 288 g/mol. The first-order valence-corrected chi connectivity index (χ1v) is 8.41. The maximum absolute atomic E-state index is 12.3. The van der Waals surface area contributed by atoms with Gasteiger partial charge < -0.3 is 10.6 Å². The fourth-order valence-corrected chi connectivity index (χ4v) is 4.06. The molecule has 5 heteroatoms. The number of nitrogens with two attached hydrogens (primary N) is 1. The van der Waals surface area contributed by atoms with Crippen molar-refractivity contribution in [3.63, 3.8) is 0 Å². The van der Waals surface area contributed by atoms with Crippen molar-refractivity contribution < 1.29 is 4.79 Å². The number of thioether (sulfide) groups is 1. The molecule has 0 bridgehead atoms. The van der Waals surface area contributed by atoms with Crippen molar-refractivity contribution >= 4 is 34.7 Å². The van der Waals surface area contributed by atoms with Crippen LogP contribution in [-0.4, -0.2) is 23.1 Å². The van der Waals surface area contributed by atoms with Gasteiger partial charge in [0.05, 0.1) is 5.75 Å². The average molecular weight is 304 g/mol. The van der Waals surface area contributed by atoms with Crippen LogP contribution in [0.2, 0.25) is 0 Å². The van der Waals surface area contributed by atoms with Crippen LogP contribution in [0.4, 0.5) is 5.69 Å². The van der Waals surface area contributed by atoms with Crippen LogP contribution in [0.15, 0.2) is 40.6 Å². The van der Waals surface area contributed by atoms with Crippen LogP contribution in [0, 0.1) is 0 Å². The molecule has 20 heavy (non-hydrogen) atoms. The molecule has 2 aromatic rings. The number of hydrogen-bond donors (Lipinski definition) is 1. The van der Waals surface area contributed by atoms with E-state index in [1.54, 1.807) is 11.3 Å². The van der Waals surface area contributed by atoms with Crippen molar-refractivity contribution in [2.24, 2.45) is 0 Å². The fraction of sp³-hybridized carbons (Fsp3) is 0.267. The number of para-hydroxylation sites is 1. The number of thiophene rings is 1. The predicted octanol–water partition coefficient (Wildman–Crippen LogP) is 3.01. The Labute approximate surface area is 126 Å². The number of carbonyl (C=O) groups is 1. The summed E-state index contributed by atoms with van der Waals surface area (Å²) in [6, 6.07) is 9.80. The summed E-state index contributed by atoms with van der Waals surface area (Å²) < 4.78 is 0. The maximum atomic E-state index is 12.3. The molecule has 2 N–H and O–H groups in total. The highest BCUT2D eigenvalue weighted by atomic mass is 32.2. The quantitative estimate of drug-likeness (QED) is 0.700. The van der Waals surface area contributed by atoms with Gasteiger partial charge in [0.2, 0.25) is 5.91 Å². The van der Waals surface area contributed by atoms with Gasteiger partial charge in [0.15, 0.2) is 0 Å². The Balaban J connectivity index is 1.59. The van der Waals surface area contributed by atoms with Crippen molar-refractivity contribution in [1.82, 2.24) is 4.90 Å². The molecule has 0 atom stereocenters. The minimum absolute atomic E-state index is 0.190. The molecule has 1 aliphatic heterocycles. The van der Waals surface area contributed by atoms with E-state index in [0.29, 0.717) is 5.75 Å². The molecular formula is C15H16N2OS2. The molecule has 1 amide bonds. The molecule has 0 saturated heterocycles. The van der Waals surface area contributed by atoms with E-state index in [2.05, 4.69) is 11.4 Å². The van der Waals surface area contributed by atoms with Gasteiger partial charge in [0.25, 0.3) is 0 Å². The normalized spacial score (nSPS) is 14.1. The monoisotopic (exact) mass is 304 g/mol. The Morgan fingerprint density at radius 1 is 1.35 bits per heavy atom. The molecule has 3 nitrogen and oxygen atoms in total. The molecule has 1 aliphatic rings. The minimum atomic E-state index is 0.190. The molecule has 0 unspecified atom stereocenters. The van der Waals surface area contributed by atoms with Crippen molar-refractivity contribution in [2.45, 2.75) is 17.9 Å². The Hall–Kier alpha value is -1.46. The number of nitrogens with zero attached hydrogens (tertiary/aromatic N) is 1. The third-order valence-electron chi connectivity index (χ3n) is 3.43. The maximum Gasteiger partial charge on any atom is 0.233 e. The van der Waals surface area contributed by atoms with Gasteiger partial charge in [-0.15, -0.1) is 23.1 Å². The third kappa shape index (κ3) is 2.83. The van der Waals surface area contributed by atoms with Crippen LogP contribution in [0.25, 0.3) is 0 Å². The van der Waals surface area contributed by atoms with E-state index in [9.17, 15) is 4.79 Å². The van der Waals surface area contributed by atoms with E-state index in [1.165, 1.54) is 22.2 Å². The molecule has 0 aliphatic carbocycles. The van der Waals surface area contributed by atoms with Crippen molar-refractivity contribution in [1.29, 1.82) is 0 Å². The fourth-order valence-electron chi connectivity index (χ4n) is 2.30. The minimum Gasteiger partial charge on any atom is -0.398 e. The highest BCUT2D eigenvalue weighted by Crippen LogP contribution is 2.27. The molecule has 1 aromatic carbocycles. The van der Waals surface area contributed by atoms with E-state index in [0.717, 1.165) is 30.1 Å². The summed E-state index contributed by atoms with van der Waals surface area (Å²) in [5, 5.41) is 2.11. The van der Waals surface area contributed by atoms with Gasteiger partial charge in [-0.05, 0) is 35.6 Å². The first kappa shape index (κ1) is 13.5. The van der Waals surface area contributed by atoms with Gasteiger partial charge in [-0.3, -0.25) is 4.79 Å². The second-order valence-electron chi connectivity index (χ2n) is 4.76. The lowest BCUT2D eigenvalue weighted by molar-refractivity contribution is -0.129. The summed E-state index contributed by atoms with van der Waals surface area (Å²) in [7, 11) is 0. The summed E-state index contributed by atoms with van der Waals surface area (Å²) in [4.78, 5) is 16.6. The van der Waals surface area contributed by atoms with E-state index in [1.807, 2.05) is 29.2 Å². The van der Waals surface area contributed by atoms with Crippen LogP contribution in [0.5, 0.6) is 0 Å². The summed E-state index contributed by atoms with van der Waals surface area (Å²) >= 11 is 3.31. The van der Waals surface area contributed by atoms with Gasteiger partial charge in [-0.25, -0.2) is 0 Å². The third-order valence-corrected chi connectivity index (χ3v) is 5.53. The van der Waals surface area contributed by atoms with Crippen LogP contribution in [-0.2, 0) is 17.8 Å². The number of amides is 1. The number of rotatable bonds is 3. The van der Waals surface area contributed by atoms with Crippen LogP contribution in [0.3, 0.4) is 0 Å². The van der Waals surface area contributed by atoms with Gasteiger partial charge >= 0.3 is 0 Å². The average Bonchev–Trinajstić information content (AvgIpc) is 2.93. The summed E-state index contributed by atoms with van der Waals surface area (Å²) in [6.07, 6.45) is 0.983. The molecule has 0 saturated carbocycles. The zero-order chi connectivity index (χ0) is 13.9. The largest absolute Gasteiger partial charge is 0.398 e. The number of benzene rings is 1. The molecule has 104 valence electrons. The second kappa shape index (κ2) is 5.89. The topological polar surface area (TPSA) is 46.3 Å². The van der Waals surface area contributed by atoms with Gasteiger partial charge in [0.1, 0.15) is 0 Å². The molecule has 0 fully saturated rings. The van der Waals surface area contributed by atoms with Crippen LogP contribution >= 0.6 is 23.1 Å². The zero-order valence-electron chi connectivity index (χ0n) is 11.0. The Kier molecular flexibility index (Phi) is 3.98. The van der Waals surface area contributed by atoms with E-state index < -0.39 is 0 Å². The summed E-state index contributed by atoms with van der Waals surface area (Å²) in [5.74, 6) is 0.642. The van der Waals surface area contributed by atoms with Crippen molar-refractivity contribution in [3.05, 3.63) is 46.2 Å². The van der Waals surface area contributed by atoms with Crippen LogP contribution < -0.4 is 5.73 Å². The predicted molar refractivity (Wildman–Crippen MR) is 85.0 cm³/mol. The number of anilines is 1. The Morgan fingerprint density at radius 2 is 2.20 bits per heavy atom. The molecule has 2 heterocycles. The first-order chi connectivity index (χ1) is 9.74. The summed E-state index contributed by atoms with van der Waals surface area (Å²) in [6.45, 7) is 1.58. The zero-order valence-corrected chi connectivity index (χ0v) is 12.7. The lowest BCUT2D eigenvalue weighted by Crippen LogP contribution is -2.36. The van der Waals surface area contributed by atoms with Gasteiger partial charge in [-0.1, -0.05) is 12.1 Å². The molecule has 3 rings (SSSR count). The lowest BCUT2D eigenvalue weighted by atomic mass is 10.1. The Bertz CT molecular complexity index is 624. The lowest BCUT2D eigenvalue weighted by Gasteiger charge is -2.27. The number of hydrogen-bond acceptors (Lipinski definition) is 4. The van der Waals surface area contributed by atoms with E-state index >= 15 is 0 Å². The van der Waals surface area contributed by atoms with Gasteiger partial charge in [0, 0.05) is 28.5 Å². The second-order valence-corrected chi connectivity index (χ2v) is 6.78. The van der Waals surface area contributed by atoms with Crippen LogP contribution in [0.1, 0.15) is 10.4 Å². The SMILES string of the molecule is Nc1ccccc1SCC(=O)N1CCc2sccc2C1. The van der Waals surface area contributed by atoms with E-state index in [4.69, 9.17) is 5.73 Å².